The van der Waals surface area contributed by atoms with Gasteiger partial charge in [0.2, 0.25) is 5.88 Å². The number of aryl methyl sites for hydroxylation is 2. The average Bonchev–Trinajstić information content (AvgIpc) is 3.03. The van der Waals surface area contributed by atoms with Crippen LogP contribution in [0.5, 0.6) is 0 Å². The van der Waals surface area contributed by atoms with E-state index in [2.05, 4.69) is 26.1 Å². The van der Waals surface area contributed by atoms with E-state index in [-0.39, 0.29) is 5.57 Å². The van der Waals surface area contributed by atoms with Crippen molar-refractivity contribution in [2.45, 2.75) is 13.8 Å². The minimum atomic E-state index is -0.468. The zero-order valence-electron chi connectivity index (χ0n) is 15.2. The number of carbonyl (C=O) groups is 1. The molecule has 7 heteroatoms. The number of nitriles is 1. The van der Waals surface area contributed by atoms with Gasteiger partial charge in [0.25, 0.3) is 5.91 Å². The van der Waals surface area contributed by atoms with Gasteiger partial charge < -0.3 is 19.4 Å². The van der Waals surface area contributed by atoms with Gasteiger partial charge in [-0.25, -0.2) is 0 Å². The Morgan fingerprint density at radius 3 is 2.70 bits per heavy atom. The molecule has 1 aromatic heterocycles. The van der Waals surface area contributed by atoms with Crippen LogP contribution in [0.15, 0.2) is 38.7 Å². The van der Waals surface area contributed by atoms with E-state index in [1.807, 2.05) is 38.1 Å². The number of morpholine rings is 1. The molecule has 0 aliphatic carbocycles. The molecule has 0 radical (unpaired) electrons. The Kier molecular flexibility index (Phi) is 5.99. The van der Waals surface area contributed by atoms with E-state index in [1.54, 1.807) is 6.07 Å². The van der Waals surface area contributed by atoms with E-state index in [4.69, 9.17) is 9.15 Å². The molecule has 2 heterocycles. The molecule has 1 aromatic carbocycles. The zero-order valence-corrected chi connectivity index (χ0v) is 16.8. The third-order valence-electron chi connectivity index (χ3n) is 4.27. The topological polar surface area (TPSA) is 78.5 Å². The summed E-state index contributed by atoms with van der Waals surface area (Å²) in [6.07, 6.45) is 1.45. The van der Waals surface area contributed by atoms with E-state index < -0.39 is 5.91 Å². The Bertz CT molecular complexity index is 921. The zero-order chi connectivity index (χ0) is 19.4. The van der Waals surface area contributed by atoms with Crippen molar-refractivity contribution in [2.75, 3.05) is 36.5 Å². The quantitative estimate of drug-likeness (QED) is 0.585. The number of halogens is 1. The molecule has 0 spiro atoms. The molecule has 1 aliphatic heterocycles. The molecule has 0 saturated carbocycles. The lowest BCUT2D eigenvalue weighted by Crippen LogP contribution is -2.36. The predicted molar refractivity (Wildman–Crippen MR) is 108 cm³/mol. The van der Waals surface area contributed by atoms with Crippen LogP contribution in [-0.4, -0.2) is 32.2 Å². The number of benzene rings is 1. The van der Waals surface area contributed by atoms with Gasteiger partial charge in [-0.15, -0.1) is 0 Å². The van der Waals surface area contributed by atoms with Crippen LogP contribution in [0, 0.1) is 25.2 Å². The smallest absolute Gasteiger partial charge is 0.266 e. The third-order valence-corrected chi connectivity index (χ3v) is 4.84. The van der Waals surface area contributed by atoms with Crippen LogP contribution in [0.25, 0.3) is 6.08 Å². The van der Waals surface area contributed by atoms with Crippen LogP contribution in [-0.2, 0) is 9.53 Å². The van der Waals surface area contributed by atoms with E-state index in [0.717, 1.165) is 28.7 Å². The van der Waals surface area contributed by atoms with Gasteiger partial charge in [-0.1, -0.05) is 17.7 Å². The first-order chi connectivity index (χ1) is 13.0. The van der Waals surface area contributed by atoms with Crippen molar-refractivity contribution in [3.8, 4) is 6.07 Å². The van der Waals surface area contributed by atoms with Crippen LogP contribution >= 0.6 is 15.9 Å². The molecule has 1 N–H and O–H groups in total. The van der Waals surface area contributed by atoms with Gasteiger partial charge in [-0.2, -0.15) is 5.26 Å². The number of carbonyl (C=O) groups excluding carboxylic acids is 1. The van der Waals surface area contributed by atoms with E-state index >= 15 is 0 Å². The lowest BCUT2D eigenvalue weighted by Gasteiger charge is -2.26. The first-order valence-electron chi connectivity index (χ1n) is 8.60. The molecule has 1 saturated heterocycles. The van der Waals surface area contributed by atoms with Gasteiger partial charge in [0, 0.05) is 30.9 Å². The molecular weight excluding hydrogens is 410 g/mol. The summed E-state index contributed by atoms with van der Waals surface area (Å²) in [6.45, 7) is 6.64. The van der Waals surface area contributed by atoms with Crippen molar-refractivity contribution in [1.82, 2.24) is 0 Å². The lowest BCUT2D eigenvalue weighted by atomic mass is 10.1. The standard InChI is InChI=1S/C20H20BrN3O3/c1-13-3-4-18(14(2)9-13)23-19(25)15(12-22)10-16-11-17(21)20(27-16)24-5-7-26-8-6-24/h3-4,9-11H,5-8H2,1-2H3,(H,23,25)/b15-10-. The third kappa shape index (κ3) is 4.59. The fourth-order valence-electron chi connectivity index (χ4n) is 2.86. The number of hydrogen-bond donors (Lipinski definition) is 1. The maximum absolute atomic E-state index is 12.5. The van der Waals surface area contributed by atoms with Crippen molar-refractivity contribution in [1.29, 1.82) is 5.26 Å². The Morgan fingerprint density at radius 1 is 1.30 bits per heavy atom. The number of nitrogens with zero attached hydrogens (tertiary/aromatic N) is 2. The SMILES string of the molecule is Cc1ccc(NC(=O)/C(C#N)=C\c2cc(Br)c(N3CCOCC3)o2)c(C)c1. The first kappa shape index (κ1) is 19.2. The molecular formula is C20H20BrN3O3. The molecule has 3 rings (SSSR count). The molecule has 1 amide bonds. The molecule has 2 aromatic rings. The van der Waals surface area contributed by atoms with Crippen molar-refractivity contribution >= 4 is 39.5 Å². The second kappa shape index (κ2) is 8.42. The van der Waals surface area contributed by atoms with Crippen LogP contribution in [0.4, 0.5) is 11.6 Å². The van der Waals surface area contributed by atoms with Gasteiger partial charge in [0.1, 0.15) is 17.4 Å². The number of amides is 1. The van der Waals surface area contributed by atoms with E-state index in [1.165, 1.54) is 6.08 Å². The summed E-state index contributed by atoms with van der Waals surface area (Å²) >= 11 is 3.48. The highest BCUT2D eigenvalue weighted by Crippen LogP contribution is 2.32. The summed E-state index contributed by atoms with van der Waals surface area (Å²) in [6, 6.07) is 9.43. The maximum atomic E-state index is 12.5. The normalized spacial score (nSPS) is 14.7. The fourth-order valence-corrected chi connectivity index (χ4v) is 3.42. The molecule has 1 fully saturated rings. The summed E-state index contributed by atoms with van der Waals surface area (Å²) in [4.78, 5) is 14.6. The van der Waals surface area contributed by atoms with Gasteiger partial charge in [-0.05, 0) is 41.4 Å². The predicted octanol–water partition coefficient (Wildman–Crippen LogP) is 4.04. The maximum Gasteiger partial charge on any atom is 0.266 e. The highest BCUT2D eigenvalue weighted by atomic mass is 79.9. The molecule has 1 aliphatic rings. The van der Waals surface area contributed by atoms with Crippen molar-refractivity contribution < 1.29 is 13.9 Å². The molecule has 0 bridgehead atoms. The highest BCUT2D eigenvalue weighted by Gasteiger charge is 2.19. The molecule has 6 nitrogen and oxygen atoms in total. The minimum absolute atomic E-state index is 0.0234. The highest BCUT2D eigenvalue weighted by molar-refractivity contribution is 9.10. The number of ether oxygens (including phenoxy) is 1. The molecule has 27 heavy (non-hydrogen) atoms. The van der Waals surface area contributed by atoms with E-state index in [9.17, 15) is 10.1 Å². The summed E-state index contributed by atoms with van der Waals surface area (Å²) in [5, 5.41) is 12.2. The van der Waals surface area contributed by atoms with Gasteiger partial charge in [-0.3, -0.25) is 4.79 Å². The second-order valence-corrected chi connectivity index (χ2v) is 7.20. The Hall–Kier alpha value is -2.56. The van der Waals surface area contributed by atoms with Gasteiger partial charge >= 0.3 is 0 Å². The van der Waals surface area contributed by atoms with Crippen LogP contribution < -0.4 is 10.2 Å². The molecule has 0 unspecified atom stereocenters. The summed E-state index contributed by atoms with van der Waals surface area (Å²) < 4.78 is 12.0. The van der Waals surface area contributed by atoms with Crippen LogP contribution in [0.1, 0.15) is 16.9 Å². The van der Waals surface area contributed by atoms with Crippen molar-refractivity contribution in [3.63, 3.8) is 0 Å². The number of anilines is 2. The Morgan fingerprint density at radius 2 is 2.04 bits per heavy atom. The molecule has 0 atom stereocenters. The fraction of sp³-hybridized carbons (Fsp3) is 0.300. The van der Waals surface area contributed by atoms with Crippen LogP contribution in [0.3, 0.4) is 0 Å². The average molecular weight is 430 g/mol. The summed E-state index contributed by atoms with van der Waals surface area (Å²) in [5.41, 5.74) is 2.71. The molecule has 140 valence electrons. The Balaban J connectivity index is 1.79. The lowest BCUT2D eigenvalue weighted by molar-refractivity contribution is -0.112. The van der Waals surface area contributed by atoms with Gasteiger partial charge in [0.05, 0.1) is 17.7 Å². The number of furan rings is 1. The summed E-state index contributed by atoms with van der Waals surface area (Å²) in [5.74, 6) is 0.650. The first-order valence-corrected chi connectivity index (χ1v) is 9.39. The minimum Gasteiger partial charge on any atom is -0.440 e. The second-order valence-electron chi connectivity index (χ2n) is 6.34. The van der Waals surface area contributed by atoms with E-state index in [0.29, 0.717) is 30.5 Å². The Labute approximate surface area is 166 Å². The number of nitrogens with one attached hydrogen (secondary N) is 1. The number of rotatable bonds is 4. The number of hydrogen-bond acceptors (Lipinski definition) is 5. The van der Waals surface area contributed by atoms with Gasteiger partial charge in [0.15, 0.2) is 0 Å². The van der Waals surface area contributed by atoms with Crippen molar-refractivity contribution in [2.24, 2.45) is 0 Å². The van der Waals surface area contributed by atoms with Crippen LogP contribution in [0.2, 0.25) is 0 Å². The van der Waals surface area contributed by atoms with Crippen molar-refractivity contribution in [3.05, 3.63) is 51.2 Å². The monoisotopic (exact) mass is 429 g/mol. The largest absolute Gasteiger partial charge is 0.440 e. The summed E-state index contributed by atoms with van der Waals surface area (Å²) in [7, 11) is 0.